The summed E-state index contributed by atoms with van der Waals surface area (Å²) in [7, 11) is 1.36. The van der Waals surface area contributed by atoms with Crippen LogP contribution in [0.25, 0.3) is 16.9 Å². The summed E-state index contributed by atoms with van der Waals surface area (Å²) in [6.45, 7) is 2.39. The van der Waals surface area contributed by atoms with Crippen LogP contribution in [0.1, 0.15) is 77.2 Å². The third-order valence-corrected chi connectivity index (χ3v) is 10.5. The number of fused-ring (bicyclic) bond motifs is 5. The summed E-state index contributed by atoms with van der Waals surface area (Å²) in [5.41, 5.74) is -0.218. The summed E-state index contributed by atoms with van der Waals surface area (Å²) < 4.78 is 8.16. The Bertz CT molecular complexity index is 1600. The van der Waals surface area contributed by atoms with Crippen molar-refractivity contribution in [3.63, 3.8) is 0 Å². The van der Waals surface area contributed by atoms with Crippen LogP contribution in [0.5, 0.6) is 5.75 Å². The van der Waals surface area contributed by atoms with E-state index in [9.17, 15) is 14.4 Å². The number of para-hydroxylation sites is 2. The smallest absolute Gasteiger partial charge is 0.334 e. The maximum atomic E-state index is 14.2. The summed E-state index contributed by atoms with van der Waals surface area (Å²) in [6.07, 6.45) is 13.8. The normalized spacial score (nSPS) is 32.2. The number of hydrogen-bond acceptors (Lipinski definition) is 6. The van der Waals surface area contributed by atoms with Crippen molar-refractivity contribution in [3.8, 4) is 11.6 Å². The first-order chi connectivity index (χ1) is 19.4. The van der Waals surface area contributed by atoms with Gasteiger partial charge in [0, 0.05) is 24.2 Å². The highest BCUT2D eigenvalue weighted by molar-refractivity contribution is 5.75. The number of nitrogens with zero attached hydrogens (tertiary/aromatic N) is 4. The molecule has 0 amide bonds. The number of ether oxygens (including phenoxy) is 1. The topological polar surface area (TPSA) is 102 Å². The van der Waals surface area contributed by atoms with Gasteiger partial charge in [-0.2, -0.15) is 0 Å². The van der Waals surface area contributed by atoms with E-state index in [1.54, 1.807) is 0 Å². The molecule has 4 bridgehead atoms. The van der Waals surface area contributed by atoms with Crippen LogP contribution in [-0.2, 0) is 0 Å². The van der Waals surface area contributed by atoms with Crippen molar-refractivity contribution >= 4 is 11.0 Å². The molecule has 0 spiro atoms. The molecule has 40 heavy (non-hydrogen) atoms. The van der Waals surface area contributed by atoms with Gasteiger partial charge in [-0.25, -0.2) is 14.3 Å². The number of aromatic nitrogens is 4. The maximum Gasteiger partial charge on any atom is 0.334 e. The van der Waals surface area contributed by atoms with Crippen LogP contribution in [0, 0.1) is 17.8 Å². The second-order valence-electron chi connectivity index (χ2n) is 12.8. The molecule has 4 aliphatic rings. The first-order valence-corrected chi connectivity index (χ1v) is 15.1. The van der Waals surface area contributed by atoms with Crippen LogP contribution in [0.2, 0.25) is 0 Å². The van der Waals surface area contributed by atoms with E-state index in [1.165, 1.54) is 64.7 Å². The number of aromatic amines is 1. The monoisotopic (exact) mass is 545 g/mol. The van der Waals surface area contributed by atoms with Crippen molar-refractivity contribution in [1.82, 2.24) is 24.0 Å². The average Bonchev–Trinajstić information content (AvgIpc) is 2.94. The number of methoxy groups -OCH3 is 1. The van der Waals surface area contributed by atoms with Crippen LogP contribution < -0.4 is 21.5 Å². The van der Waals surface area contributed by atoms with Crippen LogP contribution in [0.15, 0.2) is 44.8 Å². The van der Waals surface area contributed by atoms with Crippen molar-refractivity contribution in [2.24, 2.45) is 17.8 Å². The third-order valence-electron chi connectivity index (χ3n) is 10.5. The molecule has 2 saturated heterocycles. The Kier molecular flexibility index (Phi) is 6.45. The number of rotatable bonds is 4. The zero-order valence-electron chi connectivity index (χ0n) is 23.4. The Morgan fingerprint density at radius 3 is 2.45 bits per heavy atom. The van der Waals surface area contributed by atoms with Gasteiger partial charge in [-0.05, 0) is 74.8 Å². The van der Waals surface area contributed by atoms with E-state index in [0.29, 0.717) is 29.6 Å². The molecule has 7 rings (SSSR count). The molecule has 4 heterocycles. The number of benzene rings is 1. The Morgan fingerprint density at radius 2 is 1.68 bits per heavy atom. The molecule has 4 fully saturated rings. The minimum Gasteiger partial charge on any atom is -0.490 e. The lowest BCUT2D eigenvalue weighted by Gasteiger charge is -2.57. The number of H-pyrrole nitrogens is 1. The molecule has 2 aromatic heterocycles. The van der Waals surface area contributed by atoms with Crippen molar-refractivity contribution in [2.45, 2.75) is 95.3 Å². The first kappa shape index (κ1) is 25.7. The van der Waals surface area contributed by atoms with E-state index >= 15 is 0 Å². The van der Waals surface area contributed by atoms with E-state index in [4.69, 9.17) is 4.74 Å². The van der Waals surface area contributed by atoms with Gasteiger partial charge in [0.15, 0.2) is 0 Å². The minimum absolute atomic E-state index is 0.0107. The van der Waals surface area contributed by atoms with E-state index in [-0.39, 0.29) is 23.2 Å². The molecule has 2 aliphatic carbocycles. The lowest BCUT2D eigenvalue weighted by atomic mass is 9.67. The molecule has 9 heteroatoms. The summed E-state index contributed by atoms with van der Waals surface area (Å²) in [4.78, 5) is 49.0. The highest BCUT2D eigenvalue weighted by Gasteiger charge is 2.47. The lowest BCUT2D eigenvalue weighted by Crippen LogP contribution is -2.61. The standard InChI is InChI=1S/C31H39N5O4/c1-18-10-11-21-15-23(16-26(18)35(21)22-13-19-6-5-7-20(12-19)14-22)36-25-9-4-3-8-24(25)32-28(30(36)38)34-17-27(40-2)29(37)33-31(34)39/h3-4,8-9,17-23,26H,5-7,10-16H2,1-2H3,(H,33,37,39). The molecule has 1 N–H and O–H groups in total. The molecule has 3 aromatic rings. The largest absolute Gasteiger partial charge is 0.490 e. The van der Waals surface area contributed by atoms with Crippen LogP contribution in [0.4, 0.5) is 0 Å². The lowest BCUT2D eigenvalue weighted by molar-refractivity contribution is -0.0693. The number of piperidine rings is 2. The van der Waals surface area contributed by atoms with Gasteiger partial charge in [-0.3, -0.25) is 19.5 Å². The molecule has 212 valence electrons. The summed E-state index contributed by atoms with van der Waals surface area (Å²) >= 11 is 0. The molecule has 1 aromatic carbocycles. The van der Waals surface area contributed by atoms with Gasteiger partial charge < -0.3 is 9.30 Å². The van der Waals surface area contributed by atoms with Gasteiger partial charge in [0.1, 0.15) is 0 Å². The van der Waals surface area contributed by atoms with Gasteiger partial charge in [-0.15, -0.1) is 0 Å². The second-order valence-corrected chi connectivity index (χ2v) is 12.8. The SMILES string of the molecule is COc1cn(-c2nc3ccccc3n(C3CC4CCC(C)C(C3)N4C3CC4CCCC(C4)C3)c2=O)c(=O)[nH]c1=O. The number of nitrogens with one attached hydrogen (secondary N) is 1. The van der Waals surface area contributed by atoms with Gasteiger partial charge in [0.25, 0.3) is 11.1 Å². The van der Waals surface area contributed by atoms with Gasteiger partial charge in [0.05, 0.1) is 24.3 Å². The highest BCUT2D eigenvalue weighted by atomic mass is 16.5. The Labute approximate surface area is 233 Å². The van der Waals surface area contributed by atoms with Gasteiger partial charge in [-0.1, -0.05) is 38.3 Å². The fraction of sp³-hybridized carbons (Fsp3) is 0.613. The Hall–Kier alpha value is -3.20. The fourth-order valence-corrected chi connectivity index (χ4v) is 8.78. The minimum atomic E-state index is -0.708. The van der Waals surface area contributed by atoms with Crippen molar-refractivity contribution in [3.05, 3.63) is 61.7 Å². The molecular weight excluding hydrogens is 506 g/mol. The molecular formula is C31H39N5O4. The van der Waals surface area contributed by atoms with Crippen LogP contribution >= 0.6 is 0 Å². The third kappa shape index (κ3) is 4.24. The molecule has 2 aliphatic heterocycles. The van der Waals surface area contributed by atoms with E-state index in [1.807, 2.05) is 28.8 Å². The maximum absolute atomic E-state index is 14.2. The summed E-state index contributed by atoms with van der Waals surface area (Å²) in [6, 6.07) is 9.24. The molecule has 0 radical (unpaired) electrons. The molecule has 9 nitrogen and oxygen atoms in total. The summed E-state index contributed by atoms with van der Waals surface area (Å²) in [5, 5.41) is 0. The highest BCUT2D eigenvalue weighted by Crippen LogP contribution is 2.48. The van der Waals surface area contributed by atoms with Crippen molar-refractivity contribution in [2.75, 3.05) is 7.11 Å². The Balaban J connectivity index is 1.31. The zero-order valence-corrected chi connectivity index (χ0v) is 23.4. The molecule has 6 unspecified atom stereocenters. The Morgan fingerprint density at radius 1 is 0.900 bits per heavy atom. The van der Waals surface area contributed by atoms with Gasteiger partial charge in [0.2, 0.25) is 11.6 Å². The predicted octanol–water partition coefficient (Wildman–Crippen LogP) is 4.02. The van der Waals surface area contributed by atoms with E-state index < -0.39 is 11.2 Å². The quantitative estimate of drug-likeness (QED) is 0.532. The fourth-order valence-electron chi connectivity index (χ4n) is 8.78. The van der Waals surface area contributed by atoms with Crippen molar-refractivity contribution < 1.29 is 4.74 Å². The van der Waals surface area contributed by atoms with Gasteiger partial charge >= 0.3 is 5.69 Å². The van der Waals surface area contributed by atoms with Crippen LogP contribution in [-0.4, -0.2) is 49.2 Å². The predicted molar refractivity (Wildman–Crippen MR) is 153 cm³/mol. The van der Waals surface area contributed by atoms with E-state index in [0.717, 1.165) is 34.8 Å². The first-order valence-electron chi connectivity index (χ1n) is 15.1. The average molecular weight is 546 g/mol. The zero-order chi connectivity index (χ0) is 27.5. The number of hydrogen-bond donors (Lipinski definition) is 1. The second kappa shape index (κ2) is 10.0. The molecule has 6 atom stereocenters. The van der Waals surface area contributed by atoms with Crippen LogP contribution in [0.3, 0.4) is 0 Å². The van der Waals surface area contributed by atoms with Crippen molar-refractivity contribution in [1.29, 1.82) is 0 Å². The molecule has 2 saturated carbocycles. The van der Waals surface area contributed by atoms with E-state index in [2.05, 4.69) is 21.8 Å². The summed E-state index contributed by atoms with van der Waals surface area (Å²) in [5.74, 6) is 2.28.